The number of aliphatic carboxylic acids is 1. The van der Waals surface area contributed by atoms with E-state index >= 15 is 0 Å². The Kier molecular flexibility index (Phi) is 7.63. The summed E-state index contributed by atoms with van der Waals surface area (Å²) < 4.78 is 1.85. The number of benzene rings is 3. The van der Waals surface area contributed by atoms with Gasteiger partial charge >= 0.3 is 5.97 Å². The van der Waals surface area contributed by atoms with Crippen LogP contribution in [-0.2, 0) is 17.3 Å². The van der Waals surface area contributed by atoms with Crippen LogP contribution in [-0.4, -0.2) is 27.6 Å². The summed E-state index contributed by atoms with van der Waals surface area (Å²) in [6.07, 6.45) is 0.355. The number of carboxylic acid groups (broad SMARTS) is 1. The Labute approximate surface area is 224 Å². The molecule has 1 aromatic heterocycles. The van der Waals surface area contributed by atoms with Crippen molar-refractivity contribution in [3.05, 3.63) is 84.1 Å². The molecule has 0 saturated carbocycles. The zero-order valence-electron chi connectivity index (χ0n) is 23.0. The number of anilines is 2. The van der Waals surface area contributed by atoms with Crippen molar-refractivity contribution >= 4 is 34.2 Å². The zero-order chi connectivity index (χ0) is 27.6. The second-order valence-corrected chi connectivity index (χ2v) is 11.3. The van der Waals surface area contributed by atoms with Crippen LogP contribution >= 0.6 is 0 Å². The molecule has 0 radical (unpaired) electrons. The minimum absolute atomic E-state index is 0.0812. The molecule has 0 aliphatic carbocycles. The molecule has 6 nitrogen and oxygen atoms in total. The van der Waals surface area contributed by atoms with Crippen LogP contribution in [0.15, 0.2) is 72.8 Å². The summed E-state index contributed by atoms with van der Waals surface area (Å²) in [4.78, 5) is 25.5. The van der Waals surface area contributed by atoms with Crippen LogP contribution in [0.1, 0.15) is 57.1 Å². The first kappa shape index (κ1) is 27.0. The molecule has 0 aliphatic heterocycles. The van der Waals surface area contributed by atoms with Crippen molar-refractivity contribution in [2.75, 3.05) is 5.32 Å². The predicted octanol–water partition coefficient (Wildman–Crippen LogP) is 7.12. The number of hydrogen-bond donors (Lipinski definition) is 3. The molecule has 6 heteroatoms. The van der Waals surface area contributed by atoms with Crippen LogP contribution in [0, 0.1) is 5.92 Å². The SMILES string of the molecule is CC(C)CC(NC(=O)c1c(-c2ccccc2)c2cc(Nc3ccc(C(C)(C)C)cc3)ccc2n1C)C(=O)O. The number of nitrogens with one attached hydrogen (secondary N) is 2. The number of amides is 1. The number of aromatic nitrogens is 1. The molecular weight excluding hydrogens is 474 g/mol. The highest BCUT2D eigenvalue weighted by Crippen LogP contribution is 2.37. The van der Waals surface area contributed by atoms with Gasteiger partial charge in [-0.05, 0) is 59.2 Å². The molecule has 3 N–H and O–H groups in total. The molecule has 198 valence electrons. The number of hydrogen-bond acceptors (Lipinski definition) is 3. The van der Waals surface area contributed by atoms with E-state index < -0.39 is 17.9 Å². The molecule has 4 rings (SSSR count). The Morgan fingerprint density at radius 3 is 2.13 bits per heavy atom. The maximum absolute atomic E-state index is 13.6. The third-order valence-electron chi connectivity index (χ3n) is 6.83. The molecule has 0 bridgehead atoms. The van der Waals surface area contributed by atoms with Crippen LogP contribution < -0.4 is 10.6 Å². The topological polar surface area (TPSA) is 83.4 Å². The van der Waals surface area contributed by atoms with Crippen LogP contribution in [0.5, 0.6) is 0 Å². The first-order valence-corrected chi connectivity index (χ1v) is 13.0. The monoisotopic (exact) mass is 511 g/mol. The van der Waals surface area contributed by atoms with Gasteiger partial charge in [0.05, 0.1) is 0 Å². The van der Waals surface area contributed by atoms with Gasteiger partial charge in [0.1, 0.15) is 11.7 Å². The number of rotatable bonds is 8. The summed E-state index contributed by atoms with van der Waals surface area (Å²) in [6, 6.07) is 23.3. The van der Waals surface area contributed by atoms with Gasteiger partial charge in [-0.25, -0.2) is 4.79 Å². The van der Waals surface area contributed by atoms with E-state index in [4.69, 9.17) is 0 Å². The van der Waals surface area contributed by atoms with Crippen molar-refractivity contribution in [1.82, 2.24) is 9.88 Å². The van der Waals surface area contributed by atoms with E-state index in [1.807, 2.05) is 67.9 Å². The van der Waals surface area contributed by atoms with Crippen molar-refractivity contribution in [2.45, 2.75) is 52.5 Å². The molecule has 0 aliphatic rings. The molecule has 1 atom stereocenters. The smallest absolute Gasteiger partial charge is 0.326 e. The van der Waals surface area contributed by atoms with E-state index in [-0.39, 0.29) is 11.3 Å². The molecule has 1 heterocycles. The maximum atomic E-state index is 13.6. The largest absolute Gasteiger partial charge is 0.480 e. The fourth-order valence-electron chi connectivity index (χ4n) is 4.82. The van der Waals surface area contributed by atoms with E-state index in [1.54, 1.807) is 0 Å². The lowest BCUT2D eigenvalue weighted by molar-refractivity contribution is -0.139. The minimum atomic E-state index is -1.03. The number of carbonyl (C=O) groups is 2. The maximum Gasteiger partial charge on any atom is 0.326 e. The van der Waals surface area contributed by atoms with Gasteiger partial charge in [0.2, 0.25) is 0 Å². The summed E-state index contributed by atoms with van der Waals surface area (Å²) in [7, 11) is 1.85. The molecule has 1 amide bonds. The Bertz CT molecular complexity index is 1450. The first-order chi connectivity index (χ1) is 18.0. The van der Waals surface area contributed by atoms with E-state index in [1.165, 1.54) is 5.56 Å². The van der Waals surface area contributed by atoms with E-state index in [0.717, 1.165) is 33.4 Å². The normalized spacial score (nSPS) is 12.5. The van der Waals surface area contributed by atoms with Gasteiger partial charge in [-0.2, -0.15) is 0 Å². The van der Waals surface area contributed by atoms with Gasteiger partial charge in [0, 0.05) is 34.9 Å². The fraction of sp³-hybridized carbons (Fsp3) is 0.312. The van der Waals surface area contributed by atoms with E-state index in [2.05, 4.69) is 61.7 Å². The number of nitrogens with zero attached hydrogens (tertiary/aromatic N) is 1. The molecule has 4 aromatic rings. The standard InChI is InChI=1S/C32H37N3O3/c1-20(2)18-26(31(37)38)34-30(36)29-28(21-10-8-7-9-11-21)25-19-24(16-17-27(25)35(29)6)33-23-14-12-22(13-15-23)32(3,4)5/h7-17,19-20,26,33H,18H2,1-6H3,(H,34,36)(H,37,38). The first-order valence-electron chi connectivity index (χ1n) is 13.0. The zero-order valence-corrected chi connectivity index (χ0v) is 23.0. The molecule has 0 spiro atoms. The summed E-state index contributed by atoms with van der Waals surface area (Å²) in [5.74, 6) is -1.30. The van der Waals surface area contributed by atoms with E-state index in [9.17, 15) is 14.7 Å². The Hall–Kier alpha value is -4.06. The third-order valence-corrected chi connectivity index (χ3v) is 6.83. The molecular formula is C32H37N3O3. The Morgan fingerprint density at radius 2 is 1.55 bits per heavy atom. The van der Waals surface area contributed by atoms with Crippen LogP contribution in [0.4, 0.5) is 11.4 Å². The number of carbonyl (C=O) groups excluding carboxylic acids is 1. The average molecular weight is 512 g/mol. The van der Waals surface area contributed by atoms with Gasteiger partial charge < -0.3 is 20.3 Å². The highest BCUT2D eigenvalue weighted by Gasteiger charge is 2.27. The fourth-order valence-corrected chi connectivity index (χ4v) is 4.82. The number of fused-ring (bicyclic) bond motifs is 1. The van der Waals surface area contributed by atoms with Crippen molar-refractivity contribution in [3.8, 4) is 11.1 Å². The van der Waals surface area contributed by atoms with Gasteiger partial charge in [0.15, 0.2) is 0 Å². The van der Waals surface area contributed by atoms with Crippen molar-refractivity contribution < 1.29 is 14.7 Å². The Morgan fingerprint density at radius 1 is 0.921 bits per heavy atom. The molecule has 38 heavy (non-hydrogen) atoms. The van der Waals surface area contributed by atoms with Gasteiger partial charge in [-0.1, -0.05) is 77.1 Å². The Balaban J connectivity index is 1.78. The van der Waals surface area contributed by atoms with Crippen molar-refractivity contribution in [2.24, 2.45) is 13.0 Å². The lowest BCUT2D eigenvalue weighted by Crippen LogP contribution is -2.42. The number of carboxylic acids is 1. The van der Waals surface area contributed by atoms with Gasteiger partial charge in [-0.15, -0.1) is 0 Å². The second-order valence-electron chi connectivity index (χ2n) is 11.3. The van der Waals surface area contributed by atoms with Crippen molar-refractivity contribution in [1.29, 1.82) is 0 Å². The molecule has 3 aromatic carbocycles. The molecule has 0 saturated heterocycles. The van der Waals surface area contributed by atoms with Crippen LogP contribution in [0.2, 0.25) is 0 Å². The average Bonchev–Trinajstić information content (AvgIpc) is 3.15. The highest BCUT2D eigenvalue weighted by atomic mass is 16.4. The second kappa shape index (κ2) is 10.7. The minimum Gasteiger partial charge on any atom is -0.480 e. The van der Waals surface area contributed by atoms with Crippen molar-refractivity contribution in [3.63, 3.8) is 0 Å². The third kappa shape index (κ3) is 5.75. The lowest BCUT2D eigenvalue weighted by atomic mass is 9.87. The summed E-state index contributed by atoms with van der Waals surface area (Å²) in [5, 5.41) is 16.9. The van der Waals surface area contributed by atoms with E-state index in [0.29, 0.717) is 12.1 Å². The molecule has 0 fully saturated rings. The summed E-state index contributed by atoms with van der Waals surface area (Å²) >= 11 is 0. The predicted molar refractivity (Wildman–Crippen MR) is 155 cm³/mol. The van der Waals surface area contributed by atoms with Gasteiger partial charge in [0.25, 0.3) is 5.91 Å². The summed E-state index contributed by atoms with van der Waals surface area (Å²) in [6.45, 7) is 10.5. The summed E-state index contributed by atoms with van der Waals surface area (Å²) in [5.41, 5.74) is 6.22. The van der Waals surface area contributed by atoms with Crippen LogP contribution in [0.3, 0.4) is 0 Å². The highest BCUT2D eigenvalue weighted by molar-refractivity contribution is 6.11. The van der Waals surface area contributed by atoms with Crippen LogP contribution in [0.25, 0.3) is 22.0 Å². The number of aryl methyl sites for hydroxylation is 1. The van der Waals surface area contributed by atoms with Gasteiger partial charge in [-0.3, -0.25) is 4.79 Å². The lowest BCUT2D eigenvalue weighted by Gasteiger charge is -2.19. The molecule has 1 unspecified atom stereocenters. The quantitative estimate of drug-likeness (QED) is 0.235.